The molecule has 1 aromatic rings. The number of hydrogen-bond acceptors (Lipinski definition) is 4. The van der Waals surface area contributed by atoms with Crippen molar-refractivity contribution in [2.45, 2.75) is 31.2 Å². The Bertz CT molecular complexity index is 596. The second kappa shape index (κ2) is 5.00. The summed E-state index contributed by atoms with van der Waals surface area (Å²) in [6.07, 6.45) is 4.82. The monoisotopic (exact) mass is 266 g/mol. The van der Waals surface area contributed by atoms with Crippen LogP contribution in [0.1, 0.15) is 36.0 Å². The van der Waals surface area contributed by atoms with Crippen molar-refractivity contribution in [3.63, 3.8) is 0 Å². The van der Waals surface area contributed by atoms with E-state index in [-0.39, 0.29) is 5.56 Å². The molecule has 4 N–H and O–H groups in total. The summed E-state index contributed by atoms with van der Waals surface area (Å²) < 4.78 is 0.874. The normalized spacial score (nSPS) is 17.4. The molecule has 0 unspecified atom stereocenters. The molecule has 1 saturated carbocycles. The van der Waals surface area contributed by atoms with Crippen molar-refractivity contribution in [1.82, 2.24) is 14.9 Å². The van der Waals surface area contributed by atoms with Crippen molar-refractivity contribution in [3.8, 4) is 0 Å². The number of rotatable bonds is 3. The number of hydrogen-bond donors (Lipinski definition) is 3. The summed E-state index contributed by atoms with van der Waals surface area (Å²) in [6.45, 7) is 0.350. The SMILES string of the molecule is Cn1c(=O)[nH]cc(C(=O)NC2(CN)CCCC2)c1=O. The van der Waals surface area contributed by atoms with Gasteiger partial charge in [-0.2, -0.15) is 0 Å². The van der Waals surface area contributed by atoms with Crippen LogP contribution in [0, 0.1) is 0 Å². The lowest BCUT2D eigenvalue weighted by molar-refractivity contribution is 0.0900. The van der Waals surface area contributed by atoms with E-state index in [0.29, 0.717) is 6.54 Å². The summed E-state index contributed by atoms with van der Waals surface area (Å²) in [5.74, 6) is -0.482. The lowest BCUT2D eigenvalue weighted by atomic mass is 9.97. The molecule has 0 atom stereocenters. The van der Waals surface area contributed by atoms with Gasteiger partial charge in [-0.25, -0.2) is 4.79 Å². The number of nitrogens with zero attached hydrogens (tertiary/aromatic N) is 1. The van der Waals surface area contributed by atoms with Gasteiger partial charge in [0.1, 0.15) is 5.56 Å². The van der Waals surface area contributed by atoms with E-state index >= 15 is 0 Å². The first-order valence-electron chi connectivity index (χ1n) is 6.30. The quantitative estimate of drug-likeness (QED) is 0.656. The Hall–Kier alpha value is -1.89. The maximum absolute atomic E-state index is 12.1. The fourth-order valence-electron chi connectivity index (χ4n) is 2.47. The minimum absolute atomic E-state index is 0.0678. The topological polar surface area (TPSA) is 110 Å². The molecule has 2 rings (SSSR count). The summed E-state index contributed by atoms with van der Waals surface area (Å²) in [4.78, 5) is 37.6. The van der Waals surface area contributed by atoms with Gasteiger partial charge < -0.3 is 16.0 Å². The van der Waals surface area contributed by atoms with Gasteiger partial charge in [0.2, 0.25) is 0 Å². The van der Waals surface area contributed by atoms with Crippen LogP contribution in [0.2, 0.25) is 0 Å². The van der Waals surface area contributed by atoms with Gasteiger partial charge in [-0.3, -0.25) is 14.2 Å². The van der Waals surface area contributed by atoms with Crippen LogP contribution < -0.4 is 22.3 Å². The zero-order chi connectivity index (χ0) is 14.0. The third kappa shape index (κ3) is 2.46. The molecule has 1 amide bonds. The highest BCUT2D eigenvalue weighted by atomic mass is 16.2. The Balaban J connectivity index is 2.28. The predicted molar refractivity (Wildman–Crippen MR) is 70.0 cm³/mol. The largest absolute Gasteiger partial charge is 0.345 e. The molecule has 7 heteroatoms. The molecule has 1 aliphatic carbocycles. The smallest absolute Gasteiger partial charge is 0.328 e. The molecule has 19 heavy (non-hydrogen) atoms. The molecule has 1 heterocycles. The molecule has 104 valence electrons. The van der Waals surface area contributed by atoms with Crippen LogP contribution in [0.5, 0.6) is 0 Å². The summed E-state index contributed by atoms with van der Waals surface area (Å²) in [5, 5.41) is 2.85. The third-order valence-electron chi connectivity index (χ3n) is 3.75. The lowest BCUT2D eigenvalue weighted by Crippen LogP contribution is -2.53. The second-order valence-corrected chi connectivity index (χ2v) is 5.02. The van der Waals surface area contributed by atoms with Crippen LogP contribution in [0.25, 0.3) is 0 Å². The fourth-order valence-corrected chi connectivity index (χ4v) is 2.47. The average molecular weight is 266 g/mol. The van der Waals surface area contributed by atoms with E-state index in [9.17, 15) is 14.4 Å². The molecule has 1 aliphatic rings. The summed E-state index contributed by atoms with van der Waals surface area (Å²) in [6, 6.07) is 0. The minimum Gasteiger partial charge on any atom is -0.345 e. The molecular weight excluding hydrogens is 248 g/mol. The zero-order valence-electron chi connectivity index (χ0n) is 10.9. The number of H-pyrrole nitrogens is 1. The molecule has 0 spiro atoms. The van der Waals surface area contributed by atoms with Gasteiger partial charge in [0, 0.05) is 19.8 Å². The third-order valence-corrected chi connectivity index (χ3v) is 3.75. The van der Waals surface area contributed by atoms with Gasteiger partial charge in [0.25, 0.3) is 11.5 Å². The highest BCUT2D eigenvalue weighted by Gasteiger charge is 2.34. The second-order valence-electron chi connectivity index (χ2n) is 5.02. The van der Waals surface area contributed by atoms with Crippen molar-refractivity contribution in [2.75, 3.05) is 6.54 Å². The van der Waals surface area contributed by atoms with Crippen LogP contribution in [-0.2, 0) is 7.05 Å². The highest BCUT2D eigenvalue weighted by molar-refractivity contribution is 5.94. The van der Waals surface area contributed by atoms with Crippen LogP contribution in [0.4, 0.5) is 0 Å². The van der Waals surface area contributed by atoms with E-state index < -0.39 is 22.7 Å². The molecule has 0 saturated heterocycles. The van der Waals surface area contributed by atoms with E-state index in [1.807, 2.05) is 0 Å². The average Bonchev–Trinajstić information content (AvgIpc) is 2.85. The van der Waals surface area contributed by atoms with Crippen molar-refractivity contribution < 1.29 is 4.79 Å². The summed E-state index contributed by atoms with van der Waals surface area (Å²) >= 11 is 0. The Labute approximate surface area is 109 Å². The number of nitrogens with one attached hydrogen (secondary N) is 2. The van der Waals surface area contributed by atoms with Crippen molar-refractivity contribution in [2.24, 2.45) is 12.8 Å². The molecule has 0 aliphatic heterocycles. The van der Waals surface area contributed by atoms with Crippen LogP contribution in [0.3, 0.4) is 0 Å². The van der Waals surface area contributed by atoms with E-state index in [2.05, 4.69) is 10.3 Å². The van der Waals surface area contributed by atoms with Crippen molar-refractivity contribution >= 4 is 5.91 Å². The fraction of sp³-hybridized carbons (Fsp3) is 0.583. The van der Waals surface area contributed by atoms with Crippen molar-refractivity contribution in [1.29, 1.82) is 0 Å². The van der Waals surface area contributed by atoms with Gasteiger partial charge in [-0.05, 0) is 12.8 Å². The number of carbonyl (C=O) groups excluding carboxylic acids is 1. The first kappa shape index (κ1) is 13.5. The van der Waals surface area contributed by atoms with Gasteiger partial charge in [-0.15, -0.1) is 0 Å². The first-order valence-corrected chi connectivity index (χ1v) is 6.30. The van der Waals surface area contributed by atoms with E-state index in [4.69, 9.17) is 5.73 Å². The van der Waals surface area contributed by atoms with Crippen LogP contribution >= 0.6 is 0 Å². The van der Waals surface area contributed by atoms with E-state index in [1.54, 1.807) is 0 Å². The minimum atomic E-state index is -0.605. The number of aromatic nitrogens is 2. The molecule has 0 bridgehead atoms. The van der Waals surface area contributed by atoms with Crippen LogP contribution in [0.15, 0.2) is 15.8 Å². The maximum atomic E-state index is 12.1. The molecule has 7 nitrogen and oxygen atoms in total. The number of carbonyl (C=O) groups is 1. The Morgan fingerprint density at radius 1 is 1.47 bits per heavy atom. The van der Waals surface area contributed by atoms with E-state index in [1.165, 1.54) is 7.05 Å². The summed E-state index contributed by atoms with van der Waals surface area (Å²) in [5.41, 5.74) is 4.09. The number of amides is 1. The molecule has 1 fully saturated rings. The highest BCUT2D eigenvalue weighted by Crippen LogP contribution is 2.28. The molecule has 0 radical (unpaired) electrons. The standard InChI is InChI=1S/C12H18N4O3/c1-16-10(18)8(6-14-11(16)19)9(17)15-12(7-13)4-2-3-5-12/h6H,2-5,7,13H2,1H3,(H,14,19)(H,15,17). The first-order chi connectivity index (χ1) is 8.99. The lowest BCUT2D eigenvalue weighted by Gasteiger charge is -2.28. The molecule has 0 aromatic carbocycles. The zero-order valence-corrected chi connectivity index (χ0v) is 10.9. The number of nitrogens with two attached hydrogens (primary N) is 1. The molecule has 1 aromatic heterocycles. The number of aromatic amines is 1. The van der Waals surface area contributed by atoms with Gasteiger partial charge in [0.05, 0.1) is 5.54 Å². The maximum Gasteiger partial charge on any atom is 0.328 e. The Kier molecular flexibility index (Phi) is 3.57. The van der Waals surface area contributed by atoms with Gasteiger partial charge in [0.15, 0.2) is 0 Å². The summed E-state index contributed by atoms with van der Waals surface area (Å²) in [7, 11) is 1.33. The van der Waals surface area contributed by atoms with Crippen molar-refractivity contribution in [3.05, 3.63) is 32.6 Å². The Morgan fingerprint density at radius 2 is 2.11 bits per heavy atom. The van der Waals surface area contributed by atoms with E-state index in [0.717, 1.165) is 36.4 Å². The Morgan fingerprint density at radius 3 is 2.68 bits per heavy atom. The van der Waals surface area contributed by atoms with Crippen LogP contribution in [-0.4, -0.2) is 27.5 Å². The molecular formula is C12H18N4O3. The van der Waals surface area contributed by atoms with Gasteiger partial charge in [-0.1, -0.05) is 12.8 Å². The van der Waals surface area contributed by atoms with Gasteiger partial charge >= 0.3 is 5.69 Å². The predicted octanol–water partition coefficient (Wildman–Crippen LogP) is -0.925.